The van der Waals surface area contributed by atoms with Crippen LogP contribution >= 0.6 is 11.6 Å². The van der Waals surface area contributed by atoms with E-state index in [2.05, 4.69) is 0 Å². The molecule has 13 heteroatoms. The number of nitro groups is 2. The summed E-state index contributed by atoms with van der Waals surface area (Å²) < 4.78 is 53.2. The highest BCUT2D eigenvalue weighted by Gasteiger charge is 2.30. The van der Waals surface area contributed by atoms with Crippen LogP contribution in [0.5, 0.6) is 11.5 Å². The summed E-state index contributed by atoms with van der Waals surface area (Å²) in [5, 5.41) is 22.2. The summed E-state index contributed by atoms with van der Waals surface area (Å²) in [5.74, 6) is -4.81. The third-order valence-corrected chi connectivity index (χ3v) is 4.64. The third kappa shape index (κ3) is 3.86. The number of alkyl halides is 2. The molecule has 0 amide bonds. The molecule has 0 radical (unpaired) electrons. The van der Waals surface area contributed by atoms with Crippen molar-refractivity contribution >= 4 is 32.8 Å². The number of nitro benzene ring substituents is 2. The predicted molar refractivity (Wildman–Crippen MR) is 84.5 cm³/mol. The van der Waals surface area contributed by atoms with Crippen LogP contribution in [0.4, 0.5) is 20.2 Å². The first-order valence-electron chi connectivity index (χ1n) is 6.46. The fourth-order valence-corrected chi connectivity index (χ4v) is 2.75. The molecule has 9 nitrogen and oxygen atoms in total. The van der Waals surface area contributed by atoms with Gasteiger partial charge in [0, 0.05) is 23.2 Å². The molecule has 0 fully saturated rings. The minimum Gasteiger partial charge on any atom is -0.443 e. The van der Waals surface area contributed by atoms with Crippen molar-refractivity contribution in [2.75, 3.05) is 0 Å². The fourth-order valence-electron chi connectivity index (χ4n) is 1.85. The van der Waals surface area contributed by atoms with Crippen LogP contribution in [0.15, 0.2) is 41.3 Å². The minimum absolute atomic E-state index is 0.0325. The van der Waals surface area contributed by atoms with Crippen molar-refractivity contribution in [1.29, 1.82) is 0 Å². The highest BCUT2D eigenvalue weighted by molar-refractivity contribution is 7.91. The van der Waals surface area contributed by atoms with Crippen LogP contribution in [0.1, 0.15) is 0 Å². The molecule has 2 aromatic carbocycles. The Morgan fingerprint density at radius 2 is 1.58 bits per heavy atom. The summed E-state index contributed by atoms with van der Waals surface area (Å²) in [7, 11) is -5.07. The first-order chi connectivity index (χ1) is 12.0. The molecule has 0 saturated carbocycles. The molecule has 0 aliphatic heterocycles. The molecule has 0 aliphatic carbocycles. The third-order valence-electron chi connectivity index (χ3n) is 3.03. The molecular formula is C13H7ClF2N2O7S. The van der Waals surface area contributed by atoms with E-state index in [0.29, 0.717) is 12.1 Å². The van der Waals surface area contributed by atoms with E-state index in [1.54, 1.807) is 0 Å². The zero-order valence-corrected chi connectivity index (χ0v) is 13.9. The van der Waals surface area contributed by atoms with E-state index >= 15 is 0 Å². The van der Waals surface area contributed by atoms with Crippen molar-refractivity contribution in [3.63, 3.8) is 0 Å². The van der Waals surface area contributed by atoms with Crippen LogP contribution in [0.3, 0.4) is 0 Å². The number of hydrogen-bond donors (Lipinski definition) is 0. The topological polar surface area (TPSA) is 130 Å². The Morgan fingerprint density at radius 1 is 0.962 bits per heavy atom. The SMILES string of the molecule is O=[N+]([O-])c1ccc(Cl)cc1Oc1ccc(S(=O)(=O)C(F)F)cc1[N+](=O)[O-]. The molecule has 0 aromatic heterocycles. The summed E-state index contributed by atoms with van der Waals surface area (Å²) in [4.78, 5) is 19.2. The summed E-state index contributed by atoms with van der Waals surface area (Å²) in [6, 6.07) is 5.01. The van der Waals surface area contributed by atoms with Gasteiger partial charge in [-0.25, -0.2) is 8.42 Å². The molecule has 0 spiro atoms. The summed E-state index contributed by atoms with van der Waals surface area (Å²) >= 11 is 5.71. The van der Waals surface area contributed by atoms with Crippen LogP contribution in [0, 0.1) is 20.2 Å². The van der Waals surface area contributed by atoms with Gasteiger partial charge in [0.25, 0.3) is 0 Å². The van der Waals surface area contributed by atoms with E-state index < -0.39 is 53.2 Å². The van der Waals surface area contributed by atoms with E-state index in [4.69, 9.17) is 16.3 Å². The molecule has 138 valence electrons. The average Bonchev–Trinajstić information content (AvgIpc) is 2.54. The Balaban J connectivity index is 2.57. The van der Waals surface area contributed by atoms with E-state index in [1.807, 2.05) is 0 Å². The van der Waals surface area contributed by atoms with Crippen molar-refractivity contribution in [2.45, 2.75) is 10.7 Å². The van der Waals surface area contributed by atoms with Crippen LogP contribution in [0.25, 0.3) is 0 Å². The van der Waals surface area contributed by atoms with Gasteiger partial charge in [0.05, 0.1) is 14.7 Å². The maximum absolute atomic E-state index is 12.6. The number of sulfone groups is 1. The second kappa shape index (κ2) is 7.17. The van der Waals surface area contributed by atoms with Gasteiger partial charge in [-0.3, -0.25) is 20.2 Å². The first kappa shape index (κ1) is 19.5. The van der Waals surface area contributed by atoms with Gasteiger partial charge >= 0.3 is 17.1 Å². The molecule has 0 saturated heterocycles. The van der Waals surface area contributed by atoms with Crippen LogP contribution in [0.2, 0.25) is 5.02 Å². The van der Waals surface area contributed by atoms with Gasteiger partial charge in [0.1, 0.15) is 0 Å². The lowest BCUT2D eigenvalue weighted by molar-refractivity contribution is -0.387. The summed E-state index contributed by atoms with van der Waals surface area (Å²) in [6.07, 6.45) is 0. The predicted octanol–water partition coefficient (Wildman–Crippen LogP) is 3.95. The van der Waals surface area contributed by atoms with Gasteiger partial charge in [-0.05, 0) is 18.2 Å². The van der Waals surface area contributed by atoms with E-state index in [0.717, 1.165) is 18.2 Å². The molecule has 0 aliphatic rings. The maximum atomic E-state index is 12.6. The quantitative estimate of drug-likeness (QED) is 0.522. The number of hydrogen-bond acceptors (Lipinski definition) is 7. The monoisotopic (exact) mass is 408 g/mol. The lowest BCUT2D eigenvalue weighted by atomic mass is 10.2. The van der Waals surface area contributed by atoms with Crippen LogP contribution in [-0.2, 0) is 9.84 Å². The van der Waals surface area contributed by atoms with Gasteiger partial charge < -0.3 is 4.74 Å². The van der Waals surface area contributed by atoms with Crippen molar-refractivity contribution < 1.29 is 31.8 Å². The Hall–Kier alpha value is -2.86. The lowest BCUT2D eigenvalue weighted by Crippen LogP contribution is -2.11. The molecule has 2 rings (SSSR count). The van der Waals surface area contributed by atoms with Gasteiger partial charge in [0.15, 0.2) is 0 Å². The minimum atomic E-state index is -5.07. The standard InChI is InChI=1S/C13H7ClF2N2O7S/c14-7-1-3-9(17(19)20)12(5-7)25-11-4-2-8(6-10(11)18(21)22)26(23,24)13(15)16/h1-6,13H. The van der Waals surface area contributed by atoms with E-state index in [1.165, 1.54) is 6.07 Å². The molecule has 0 N–H and O–H groups in total. The highest BCUT2D eigenvalue weighted by atomic mass is 35.5. The molecule has 0 atom stereocenters. The lowest BCUT2D eigenvalue weighted by Gasteiger charge is -2.09. The number of benzene rings is 2. The van der Waals surface area contributed by atoms with Crippen molar-refractivity contribution in [1.82, 2.24) is 0 Å². The van der Waals surface area contributed by atoms with E-state index in [-0.39, 0.29) is 5.02 Å². The molecular weight excluding hydrogens is 402 g/mol. The molecule has 0 unspecified atom stereocenters. The van der Waals surface area contributed by atoms with Crippen molar-refractivity contribution in [3.8, 4) is 11.5 Å². The largest absolute Gasteiger partial charge is 0.443 e. The molecule has 0 heterocycles. The zero-order valence-electron chi connectivity index (χ0n) is 12.3. The van der Waals surface area contributed by atoms with Gasteiger partial charge in [-0.1, -0.05) is 11.6 Å². The Kier molecular flexibility index (Phi) is 5.37. The first-order valence-corrected chi connectivity index (χ1v) is 8.38. The van der Waals surface area contributed by atoms with Crippen LogP contribution < -0.4 is 4.74 Å². The Labute approximate surface area is 149 Å². The highest BCUT2D eigenvalue weighted by Crippen LogP contribution is 2.38. The Morgan fingerprint density at radius 3 is 2.12 bits per heavy atom. The maximum Gasteiger partial charge on any atom is 0.341 e. The Bertz CT molecular complexity index is 998. The summed E-state index contributed by atoms with van der Waals surface area (Å²) in [5.41, 5.74) is -1.53. The average molecular weight is 409 g/mol. The summed E-state index contributed by atoms with van der Waals surface area (Å²) in [6.45, 7) is 0. The van der Waals surface area contributed by atoms with Gasteiger partial charge in [-0.2, -0.15) is 8.78 Å². The smallest absolute Gasteiger partial charge is 0.341 e. The number of rotatable bonds is 6. The normalized spacial score (nSPS) is 11.4. The van der Waals surface area contributed by atoms with Crippen molar-refractivity contribution in [3.05, 3.63) is 61.6 Å². The molecule has 26 heavy (non-hydrogen) atoms. The zero-order chi connectivity index (χ0) is 19.6. The van der Waals surface area contributed by atoms with Gasteiger partial charge in [0.2, 0.25) is 21.3 Å². The number of nitrogens with zero attached hydrogens (tertiary/aromatic N) is 2. The molecule has 2 aromatic rings. The molecule has 0 bridgehead atoms. The van der Waals surface area contributed by atoms with Crippen molar-refractivity contribution in [2.24, 2.45) is 0 Å². The number of ether oxygens (including phenoxy) is 1. The fraction of sp³-hybridized carbons (Fsp3) is 0.0769. The number of halogens is 3. The van der Waals surface area contributed by atoms with Gasteiger partial charge in [-0.15, -0.1) is 0 Å². The van der Waals surface area contributed by atoms with Crippen LogP contribution in [-0.4, -0.2) is 24.0 Å². The van der Waals surface area contributed by atoms with E-state index in [9.17, 15) is 37.4 Å². The second-order valence-corrected chi connectivity index (χ2v) is 7.02. The second-order valence-electron chi connectivity index (χ2n) is 4.66.